The number of carboxylic acids is 1. The van der Waals surface area contributed by atoms with Crippen molar-refractivity contribution in [3.05, 3.63) is 99.6 Å². The van der Waals surface area contributed by atoms with Crippen LogP contribution in [0.25, 0.3) is 10.2 Å². The Labute approximate surface area is 220 Å². The van der Waals surface area contributed by atoms with Crippen LogP contribution < -0.4 is 11.1 Å². The predicted molar refractivity (Wildman–Crippen MR) is 138 cm³/mol. The largest absolute Gasteiger partial charge is 0.490 e. The number of nitrogens with two attached hydrogens (primary N) is 1. The van der Waals surface area contributed by atoms with E-state index in [-0.39, 0.29) is 11.7 Å². The van der Waals surface area contributed by atoms with Crippen molar-refractivity contribution in [1.82, 2.24) is 10.3 Å². The average molecular weight is 544 g/mol. The lowest BCUT2D eigenvalue weighted by atomic mass is 10.00. The molecule has 11 heteroatoms. The summed E-state index contributed by atoms with van der Waals surface area (Å²) >= 11 is 1.33. The molecule has 0 saturated carbocycles. The molecule has 3 aromatic carbocycles. The van der Waals surface area contributed by atoms with Crippen LogP contribution in [0.5, 0.6) is 0 Å². The van der Waals surface area contributed by atoms with Crippen LogP contribution in [-0.4, -0.2) is 33.9 Å². The zero-order valence-electron chi connectivity index (χ0n) is 20.4. The van der Waals surface area contributed by atoms with Gasteiger partial charge in [0.05, 0.1) is 10.2 Å². The van der Waals surface area contributed by atoms with Gasteiger partial charge in [-0.1, -0.05) is 53.6 Å². The summed E-state index contributed by atoms with van der Waals surface area (Å²) in [5.41, 5.74) is 10.6. The molecule has 1 atom stereocenters. The molecule has 0 fully saturated rings. The molecule has 0 bridgehead atoms. The first-order valence-electron chi connectivity index (χ1n) is 11.3. The van der Waals surface area contributed by atoms with E-state index in [0.717, 1.165) is 26.9 Å². The number of aryl methyl sites for hydroxylation is 2. The molecule has 0 aliphatic carbocycles. The number of carboxylic acid groups (broad SMARTS) is 1. The molecule has 0 radical (unpaired) electrons. The number of nitrogens with one attached hydrogen (secondary N) is 1. The molecular weight excluding hydrogens is 519 g/mol. The second-order valence-electron chi connectivity index (χ2n) is 8.38. The molecule has 1 unspecified atom stereocenters. The number of fused-ring (bicyclic) bond motifs is 1. The van der Waals surface area contributed by atoms with E-state index >= 15 is 0 Å². The Morgan fingerprint density at radius 3 is 2.11 bits per heavy atom. The number of rotatable bonds is 6. The lowest BCUT2D eigenvalue weighted by Crippen LogP contribution is -2.34. The highest BCUT2D eigenvalue weighted by Gasteiger charge is 2.38. The van der Waals surface area contributed by atoms with Gasteiger partial charge < -0.3 is 16.2 Å². The fourth-order valence-corrected chi connectivity index (χ4v) is 4.50. The maximum Gasteiger partial charge on any atom is 0.490 e. The van der Waals surface area contributed by atoms with E-state index in [9.17, 15) is 22.8 Å². The number of carbonyl (C=O) groups excluding carboxylic acids is 2. The molecule has 1 heterocycles. The van der Waals surface area contributed by atoms with Crippen molar-refractivity contribution in [2.75, 3.05) is 0 Å². The van der Waals surface area contributed by atoms with E-state index in [1.54, 1.807) is 0 Å². The van der Waals surface area contributed by atoms with Gasteiger partial charge in [0, 0.05) is 12.1 Å². The van der Waals surface area contributed by atoms with Crippen molar-refractivity contribution in [3.8, 4) is 0 Å². The van der Waals surface area contributed by atoms with Crippen LogP contribution in [0.4, 0.5) is 13.2 Å². The highest BCUT2D eigenvalue weighted by atomic mass is 32.1. The summed E-state index contributed by atoms with van der Waals surface area (Å²) in [5.74, 6) is -3.29. The Morgan fingerprint density at radius 2 is 1.58 bits per heavy atom. The summed E-state index contributed by atoms with van der Waals surface area (Å²) in [6.07, 6.45) is -5.08. The van der Waals surface area contributed by atoms with Gasteiger partial charge in [-0.15, -0.1) is 11.3 Å². The van der Waals surface area contributed by atoms with Crippen LogP contribution in [0.15, 0.2) is 66.7 Å². The fourth-order valence-electron chi connectivity index (χ4n) is 3.57. The minimum absolute atomic E-state index is 0.237. The van der Waals surface area contributed by atoms with Crippen LogP contribution in [0.1, 0.15) is 48.5 Å². The molecular formula is C27H24F3N3O4S. The highest BCUT2D eigenvalue weighted by molar-refractivity contribution is 7.20. The van der Waals surface area contributed by atoms with Crippen molar-refractivity contribution < 1.29 is 32.7 Å². The summed E-state index contributed by atoms with van der Waals surface area (Å²) in [7, 11) is 0. The molecule has 1 aromatic heterocycles. The van der Waals surface area contributed by atoms with Crippen molar-refractivity contribution in [1.29, 1.82) is 0 Å². The second-order valence-corrected chi connectivity index (χ2v) is 9.41. The second kappa shape index (κ2) is 12.0. The minimum atomic E-state index is -5.08. The maximum absolute atomic E-state index is 13.5. The molecule has 0 aliphatic rings. The summed E-state index contributed by atoms with van der Waals surface area (Å²) in [5, 5.41) is 10.4. The number of carbonyl (C=O) groups is 3. The van der Waals surface area contributed by atoms with E-state index in [0.29, 0.717) is 22.7 Å². The van der Waals surface area contributed by atoms with Gasteiger partial charge >= 0.3 is 12.1 Å². The van der Waals surface area contributed by atoms with Crippen LogP contribution in [0.3, 0.4) is 0 Å². The van der Waals surface area contributed by atoms with Gasteiger partial charge in [0.25, 0.3) is 5.91 Å². The van der Waals surface area contributed by atoms with Crippen LogP contribution in [0.2, 0.25) is 0 Å². The number of halogens is 3. The fraction of sp³-hybridized carbons (Fsp3) is 0.185. The van der Waals surface area contributed by atoms with Crippen molar-refractivity contribution in [3.63, 3.8) is 0 Å². The number of hydrogen-bond acceptors (Lipinski definition) is 6. The lowest BCUT2D eigenvalue weighted by molar-refractivity contribution is -0.192. The zero-order chi connectivity index (χ0) is 28.0. The third kappa shape index (κ3) is 7.24. The van der Waals surface area contributed by atoms with E-state index in [2.05, 4.69) is 10.3 Å². The maximum atomic E-state index is 13.5. The molecule has 0 saturated heterocycles. The Morgan fingerprint density at radius 1 is 1.00 bits per heavy atom. The van der Waals surface area contributed by atoms with Crippen LogP contribution in [-0.2, 0) is 11.3 Å². The highest BCUT2D eigenvalue weighted by Crippen LogP contribution is 2.27. The van der Waals surface area contributed by atoms with E-state index in [4.69, 9.17) is 15.6 Å². The molecule has 7 nitrogen and oxygen atoms in total. The number of para-hydroxylation sites is 1. The van der Waals surface area contributed by atoms with Crippen molar-refractivity contribution >= 4 is 39.2 Å². The Kier molecular flexibility index (Phi) is 8.97. The summed E-state index contributed by atoms with van der Waals surface area (Å²) < 4.78 is 32.7. The third-order valence-electron chi connectivity index (χ3n) is 5.32. The summed E-state index contributed by atoms with van der Waals surface area (Å²) in [6.45, 7) is 4.30. The minimum Gasteiger partial charge on any atom is -0.475 e. The molecule has 0 aliphatic heterocycles. The average Bonchev–Trinajstić information content (AvgIpc) is 3.30. The van der Waals surface area contributed by atoms with Gasteiger partial charge in [0.1, 0.15) is 6.04 Å². The normalized spacial score (nSPS) is 11.8. The summed E-state index contributed by atoms with van der Waals surface area (Å²) in [6, 6.07) is 19.8. The molecule has 1 amide bonds. The molecule has 0 spiro atoms. The number of alkyl halides is 3. The van der Waals surface area contributed by atoms with Crippen molar-refractivity contribution in [2.45, 2.75) is 32.6 Å². The van der Waals surface area contributed by atoms with Crippen molar-refractivity contribution in [2.24, 2.45) is 5.73 Å². The molecule has 38 heavy (non-hydrogen) atoms. The molecule has 4 N–H and O–H groups in total. The number of nitrogens with zero attached hydrogens (tertiary/aromatic N) is 1. The predicted octanol–water partition coefficient (Wildman–Crippen LogP) is 5.36. The smallest absolute Gasteiger partial charge is 0.475 e. The van der Waals surface area contributed by atoms with Gasteiger partial charge in [0.15, 0.2) is 5.01 Å². The van der Waals surface area contributed by atoms with Gasteiger partial charge in [0.2, 0.25) is 5.78 Å². The number of aliphatic carboxylic acids is 1. The van der Waals surface area contributed by atoms with E-state index in [1.807, 2.05) is 80.6 Å². The Balaban J connectivity index is 0.000000505. The lowest BCUT2D eigenvalue weighted by Gasteiger charge is -2.18. The van der Waals surface area contributed by atoms with Gasteiger partial charge in [-0.2, -0.15) is 13.2 Å². The molecule has 4 aromatic rings. The van der Waals surface area contributed by atoms with E-state index in [1.165, 1.54) is 11.3 Å². The first-order chi connectivity index (χ1) is 17.9. The first-order valence-corrected chi connectivity index (χ1v) is 12.1. The number of benzene rings is 3. The SMILES string of the molecule is Cc1cc(C)cc(C(=O)NC(C(=O)c2nc3ccccc3s2)c2ccc(CN)cc2)c1.O=C(O)C(F)(F)F. The topological polar surface area (TPSA) is 122 Å². The Hall–Kier alpha value is -4.09. The summed E-state index contributed by atoms with van der Waals surface area (Å²) in [4.78, 5) is 39.9. The quantitative estimate of drug-likeness (QED) is 0.282. The number of aromatic nitrogens is 1. The Bertz CT molecular complexity index is 1410. The number of amides is 1. The van der Waals surface area contributed by atoms with Crippen LogP contribution >= 0.6 is 11.3 Å². The third-order valence-corrected chi connectivity index (χ3v) is 6.37. The van der Waals surface area contributed by atoms with E-state index < -0.39 is 18.2 Å². The number of thiazole rings is 1. The number of Topliss-reactive ketones (excluding diaryl/α,β-unsaturated/α-hetero) is 1. The number of hydrogen-bond donors (Lipinski definition) is 3. The van der Waals surface area contributed by atoms with Gasteiger partial charge in [-0.3, -0.25) is 9.59 Å². The first kappa shape index (κ1) is 28.5. The monoisotopic (exact) mass is 543 g/mol. The molecule has 198 valence electrons. The zero-order valence-corrected chi connectivity index (χ0v) is 21.2. The standard InChI is InChI=1S/C25H23N3O2S.C2HF3O2/c1-15-11-16(2)13-19(12-15)24(30)28-22(18-9-7-17(14-26)8-10-18)23(29)25-27-20-5-3-4-6-21(20)31-25;3-2(4,5)1(6)7/h3-13,22H,14,26H2,1-2H3,(H,28,30);(H,6,7). The molecule has 4 rings (SSSR count). The van der Waals surface area contributed by atoms with Crippen LogP contribution in [0, 0.1) is 13.8 Å². The van der Waals surface area contributed by atoms with Gasteiger partial charge in [-0.05, 0) is 49.2 Å². The number of ketones is 1. The van der Waals surface area contributed by atoms with Gasteiger partial charge in [-0.25, -0.2) is 9.78 Å².